The highest BCUT2D eigenvalue weighted by molar-refractivity contribution is 5.96. The molecule has 0 radical (unpaired) electrons. The minimum absolute atomic E-state index is 0.232. The van der Waals surface area contributed by atoms with Gasteiger partial charge >= 0.3 is 6.09 Å². The van der Waals surface area contributed by atoms with E-state index in [0.717, 1.165) is 24.5 Å². The Morgan fingerprint density at radius 2 is 2.04 bits per heavy atom. The molecular weight excluding hydrogens is 360 g/mol. The normalized spacial score (nSPS) is 13.7. The Kier molecular flexibility index (Phi) is 6.80. The van der Waals surface area contributed by atoms with Gasteiger partial charge in [0.1, 0.15) is 5.82 Å². The maximum absolute atomic E-state index is 12.4. The molecule has 1 saturated heterocycles. The van der Waals surface area contributed by atoms with Crippen LogP contribution in [0.4, 0.5) is 16.3 Å². The fourth-order valence-corrected chi connectivity index (χ4v) is 2.81. The van der Waals surface area contributed by atoms with Gasteiger partial charge in [0.25, 0.3) is 5.91 Å². The number of morpholine rings is 1. The van der Waals surface area contributed by atoms with Crippen molar-refractivity contribution in [2.24, 2.45) is 0 Å². The largest absolute Gasteiger partial charge is 0.450 e. The van der Waals surface area contributed by atoms with Crippen LogP contribution in [0, 0.1) is 0 Å². The fraction of sp³-hybridized carbons (Fsp3) is 0.350. The summed E-state index contributed by atoms with van der Waals surface area (Å²) in [7, 11) is 0. The Balaban J connectivity index is 1.54. The van der Waals surface area contributed by atoms with Crippen LogP contribution in [-0.4, -0.2) is 49.9 Å². The van der Waals surface area contributed by atoms with Crippen molar-refractivity contribution >= 4 is 23.5 Å². The number of hydrogen-bond acceptors (Lipinski definition) is 6. The molecule has 8 nitrogen and oxygen atoms in total. The first kappa shape index (κ1) is 19.6. The smallest absolute Gasteiger partial charge is 0.411 e. The van der Waals surface area contributed by atoms with Crippen LogP contribution in [0.2, 0.25) is 0 Å². The molecule has 0 bridgehead atoms. The van der Waals surface area contributed by atoms with E-state index in [0.29, 0.717) is 31.0 Å². The molecule has 0 unspecified atom stereocenters. The number of nitrogens with zero attached hydrogens (tertiary/aromatic N) is 2. The summed E-state index contributed by atoms with van der Waals surface area (Å²) in [6.45, 7) is 5.46. The van der Waals surface area contributed by atoms with Crippen LogP contribution in [0.5, 0.6) is 0 Å². The van der Waals surface area contributed by atoms with E-state index < -0.39 is 6.09 Å². The van der Waals surface area contributed by atoms with Crippen molar-refractivity contribution in [1.82, 2.24) is 10.3 Å². The van der Waals surface area contributed by atoms with E-state index in [-0.39, 0.29) is 12.5 Å². The minimum Gasteiger partial charge on any atom is -0.450 e. The average Bonchev–Trinajstić information content (AvgIpc) is 2.73. The zero-order valence-electron chi connectivity index (χ0n) is 15.8. The summed E-state index contributed by atoms with van der Waals surface area (Å²) in [5.74, 6) is 0.681. The van der Waals surface area contributed by atoms with Crippen LogP contribution in [0.15, 0.2) is 42.6 Å². The maximum atomic E-state index is 12.4. The van der Waals surface area contributed by atoms with E-state index >= 15 is 0 Å². The van der Waals surface area contributed by atoms with Gasteiger partial charge in [-0.05, 0) is 36.8 Å². The lowest BCUT2D eigenvalue weighted by Crippen LogP contribution is -2.36. The molecule has 8 heteroatoms. The maximum Gasteiger partial charge on any atom is 0.411 e. The predicted molar refractivity (Wildman–Crippen MR) is 106 cm³/mol. The van der Waals surface area contributed by atoms with Crippen LogP contribution in [-0.2, 0) is 16.0 Å². The topological polar surface area (TPSA) is 92.8 Å². The zero-order chi connectivity index (χ0) is 19.8. The van der Waals surface area contributed by atoms with Gasteiger partial charge in [-0.3, -0.25) is 10.1 Å². The number of amides is 2. The average molecular weight is 384 g/mol. The number of anilines is 2. The van der Waals surface area contributed by atoms with Crippen molar-refractivity contribution in [2.45, 2.75) is 13.5 Å². The molecule has 2 aromatic rings. The third-order valence-electron chi connectivity index (χ3n) is 4.24. The van der Waals surface area contributed by atoms with Crippen LogP contribution in [0.25, 0.3) is 0 Å². The monoisotopic (exact) mass is 384 g/mol. The highest BCUT2D eigenvalue weighted by Crippen LogP contribution is 2.14. The molecule has 0 saturated carbocycles. The summed E-state index contributed by atoms with van der Waals surface area (Å²) in [5, 5.41) is 5.45. The van der Waals surface area contributed by atoms with Gasteiger partial charge in [0.2, 0.25) is 0 Å². The molecule has 2 amide bonds. The van der Waals surface area contributed by atoms with Crippen molar-refractivity contribution in [1.29, 1.82) is 0 Å². The number of benzene rings is 1. The Morgan fingerprint density at radius 3 is 2.75 bits per heavy atom. The molecule has 1 fully saturated rings. The molecule has 0 spiro atoms. The number of aromatic nitrogens is 1. The van der Waals surface area contributed by atoms with Crippen molar-refractivity contribution in [2.75, 3.05) is 43.1 Å². The first-order valence-corrected chi connectivity index (χ1v) is 9.25. The van der Waals surface area contributed by atoms with Gasteiger partial charge in [0.05, 0.1) is 19.8 Å². The lowest BCUT2D eigenvalue weighted by molar-refractivity contribution is 0.0950. The van der Waals surface area contributed by atoms with Crippen molar-refractivity contribution in [3.05, 3.63) is 53.7 Å². The van der Waals surface area contributed by atoms with Gasteiger partial charge in [0, 0.05) is 37.1 Å². The highest BCUT2D eigenvalue weighted by Gasteiger charge is 2.12. The van der Waals surface area contributed by atoms with E-state index in [1.165, 1.54) is 0 Å². The van der Waals surface area contributed by atoms with E-state index in [2.05, 4.69) is 20.5 Å². The number of carbonyl (C=O) groups excluding carboxylic acids is 2. The van der Waals surface area contributed by atoms with E-state index in [9.17, 15) is 9.59 Å². The first-order valence-electron chi connectivity index (χ1n) is 9.25. The van der Waals surface area contributed by atoms with Gasteiger partial charge in [0.15, 0.2) is 0 Å². The fourth-order valence-electron chi connectivity index (χ4n) is 2.81. The van der Waals surface area contributed by atoms with Crippen molar-refractivity contribution in [3.63, 3.8) is 0 Å². The van der Waals surface area contributed by atoms with Gasteiger partial charge in [-0.25, -0.2) is 9.78 Å². The Bertz CT molecular complexity index is 804. The SMILES string of the molecule is CCOC(=O)Nc1cccc(C(=O)NCc2ccc(N3CCOCC3)nc2)c1. The summed E-state index contributed by atoms with van der Waals surface area (Å²) in [6, 6.07) is 10.6. The van der Waals surface area contributed by atoms with Crippen LogP contribution < -0.4 is 15.5 Å². The Labute approximate surface area is 163 Å². The quantitative estimate of drug-likeness (QED) is 0.795. The van der Waals surface area contributed by atoms with E-state index in [1.54, 1.807) is 37.4 Å². The lowest BCUT2D eigenvalue weighted by atomic mass is 10.2. The summed E-state index contributed by atoms with van der Waals surface area (Å²) in [5.41, 5.74) is 1.86. The highest BCUT2D eigenvalue weighted by atomic mass is 16.5. The second-order valence-corrected chi connectivity index (χ2v) is 6.23. The molecule has 1 aliphatic rings. The molecule has 28 heavy (non-hydrogen) atoms. The lowest BCUT2D eigenvalue weighted by Gasteiger charge is -2.27. The molecule has 3 rings (SSSR count). The number of nitrogens with one attached hydrogen (secondary N) is 2. The second kappa shape index (κ2) is 9.70. The molecule has 2 N–H and O–H groups in total. The molecule has 1 aliphatic heterocycles. The van der Waals surface area contributed by atoms with Crippen molar-refractivity contribution < 1.29 is 19.1 Å². The minimum atomic E-state index is -0.550. The summed E-state index contributed by atoms with van der Waals surface area (Å²) >= 11 is 0. The van der Waals surface area contributed by atoms with Crippen LogP contribution >= 0.6 is 0 Å². The number of rotatable bonds is 6. The summed E-state index contributed by atoms with van der Waals surface area (Å²) in [6.07, 6.45) is 1.22. The number of hydrogen-bond donors (Lipinski definition) is 2. The first-order chi connectivity index (χ1) is 13.7. The molecular formula is C20H24N4O4. The van der Waals surface area contributed by atoms with Gasteiger partial charge in [-0.2, -0.15) is 0 Å². The predicted octanol–water partition coefficient (Wildman–Crippen LogP) is 2.42. The zero-order valence-corrected chi connectivity index (χ0v) is 15.8. The van der Waals surface area contributed by atoms with Gasteiger partial charge in [-0.15, -0.1) is 0 Å². The van der Waals surface area contributed by atoms with E-state index in [1.807, 2.05) is 12.1 Å². The molecule has 2 heterocycles. The van der Waals surface area contributed by atoms with Crippen LogP contribution in [0.1, 0.15) is 22.8 Å². The molecule has 1 aromatic heterocycles. The molecule has 0 aliphatic carbocycles. The second-order valence-electron chi connectivity index (χ2n) is 6.23. The summed E-state index contributed by atoms with van der Waals surface area (Å²) < 4.78 is 10.2. The van der Waals surface area contributed by atoms with Gasteiger partial charge < -0.3 is 19.7 Å². The van der Waals surface area contributed by atoms with Crippen molar-refractivity contribution in [3.8, 4) is 0 Å². The Hall–Kier alpha value is -3.13. The van der Waals surface area contributed by atoms with E-state index in [4.69, 9.17) is 9.47 Å². The summed E-state index contributed by atoms with van der Waals surface area (Å²) in [4.78, 5) is 30.5. The third kappa shape index (κ3) is 5.43. The molecule has 1 aromatic carbocycles. The number of ether oxygens (including phenoxy) is 2. The molecule has 0 atom stereocenters. The Morgan fingerprint density at radius 1 is 1.21 bits per heavy atom. The third-order valence-corrected chi connectivity index (χ3v) is 4.24. The number of pyridine rings is 1. The van der Waals surface area contributed by atoms with Crippen LogP contribution in [0.3, 0.4) is 0 Å². The number of carbonyl (C=O) groups is 2. The standard InChI is InChI=1S/C20H24N4O4/c1-2-28-20(26)23-17-5-3-4-16(12-17)19(25)22-14-15-6-7-18(21-13-15)24-8-10-27-11-9-24/h3-7,12-13H,2,8-11,14H2,1H3,(H,22,25)(H,23,26). The molecule has 148 valence electrons. The van der Waals surface area contributed by atoms with Gasteiger partial charge in [-0.1, -0.05) is 12.1 Å².